The van der Waals surface area contributed by atoms with Gasteiger partial charge in [0.25, 0.3) is 10.0 Å². The molecule has 1 aromatic carbocycles. The molecule has 10 heteroatoms. The number of carbonyl (C=O) groups excluding carboxylic acids is 1. The largest absolute Gasteiger partial charge is 0.492 e. The smallest absolute Gasteiger partial charge is 0.287 e. The molecule has 180 valence electrons. The maximum Gasteiger partial charge on any atom is 0.287 e. The molecule has 9 nitrogen and oxygen atoms in total. The number of ether oxygens (including phenoxy) is 2. The van der Waals surface area contributed by atoms with Crippen LogP contribution in [0.2, 0.25) is 0 Å². The maximum absolute atomic E-state index is 13.1. The Bertz CT molecular complexity index is 1350. The third-order valence-electron chi connectivity index (χ3n) is 5.78. The molecule has 3 aromatic rings. The fourth-order valence-electron chi connectivity index (χ4n) is 3.96. The number of methoxy groups -OCH3 is 1. The standard InChI is InChI=1S/C24H28N4O5S/c1-15(2)17-7-6-8-18-16-9-10-25-22(11-16)33-14-24(3,4)28-13-20(32-5)23(26-28)34(30,31)27-21(29)12-19(17)18/h6-11,13,15H,12,14H2,1-5H3,(H,27,29). The second-order valence-electron chi connectivity index (χ2n) is 9.16. The molecule has 0 saturated heterocycles. The highest BCUT2D eigenvalue weighted by Gasteiger charge is 2.32. The number of benzene rings is 1. The zero-order valence-corrected chi connectivity index (χ0v) is 20.6. The minimum atomic E-state index is -4.28. The summed E-state index contributed by atoms with van der Waals surface area (Å²) < 4.78 is 41.1. The monoisotopic (exact) mass is 484 g/mol. The average molecular weight is 485 g/mol. The summed E-state index contributed by atoms with van der Waals surface area (Å²) in [6.45, 7) is 7.92. The molecule has 3 heterocycles. The number of amides is 1. The fourth-order valence-corrected chi connectivity index (χ4v) is 5.02. The highest BCUT2D eigenvalue weighted by atomic mass is 32.2. The predicted molar refractivity (Wildman–Crippen MR) is 126 cm³/mol. The van der Waals surface area contributed by atoms with E-state index in [9.17, 15) is 13.2 Å². The van der Waals surface area contributed by atoms with Crippen molar-refractivity contribution in [3.05, 3.63) is 53.9 Å². The third kappa shape index (κ3) is 4.50. The Morgan fingerprint density at radius 3 is 2.71 bits per heavy atom. The van der Waals surface area contributed by atoms with Crippen molar-refractivity contribution < 1.29 is 22.7 Å². The van der Waals surface area contributed by atoms with E-state index in [4.69, 9.17) is 9.47 Å². The van der Waals surface area contributed by atoms with Gasteiger partial charge in [0.15, 0.2) is 5.75 Å². The molecule has 0 fully saturated rings. The van der Waals surface area contributed by atoms with E-state index in [2.05, 4.69) is 14.8 Å². The molecular formula is C24H28N4O5S. The minimum absolute atomic E-state index is 0.0314. The van der Waals surface area contributed by atoms with Gasteiger partial charge in [-0.25, -0.2) is 9.71 Å². The number of carbonyl (C=O) groups is 1. The second-order valence-corrected chi connectivity index (χ2v) is 10.8. The summed E-state index contributed by atoms with van der Waals surface area (Å²) in [6, 6.07) is 9.46. The third-order valence-corrected chi connectivity index (χ3v) is 7.07. The Morgan fingerprint density at radius 1 is 1.24 bits per heavy atom. The first-order valence-corrected chi connectivity index (χ1v) is 12.4. The Morgan fingerprint density at radius 2 is 2.00 bits per heavy atom. The molecule has 2 aromatic heterocycles. The molecular weight excluding hydrogens is 456 g/mol. The second kappa shape index (κ2) is 8.75. The highest BCUT2D eigenvalue weighted by Crippen LogP contribution is 2.33. The van der Waals surface area contributed by atoms with Crippen molar-refractivity contribution in [2.24, 2.45) is 0 Å². The molecule has 34 heavy (non-hydrogen) atoms. The van der Waals surface area contributed by atoms with Gasteiger partial charge in [-0.2, -0.15) is 13.5 Å². The van der Waals surface area contributed by atoms with Crippen LogP contribution < -0.4 is 14.2 Å². The van der Waals surface area contributed by atoms with Gasteiger partial charge < -0.3 is 9.47 Å². The van der Waals surface area contributed by atoms with Crippen LogP contribution >= 0.6 is 0 Å². The summed E-state index contributed by atoms with van der Waals surface area (Å²) in [6.07, 6.45) is 3.00. The SMILES string of the molecule is COc1cn2nc1S(=O)(=O)NC(=O)Cc1c(cccc1C(C)C)-c1ccnc(c1)OCC2(C)C. The molecule has 0 saturated carbocycles. The van der Waals surface area contributed by atoms with E-state index in [0.717, 1.165) is 22.3 Å². The lowest BCUT2D eigenvalue weighted by molar-refractivity contribution is -0.118. The van der Waals surface area contributed by atoms with Crippen molar-refractivity contribution in [2.45, 2.75) is 50.6 Å². The van der Waals surface area contributed by atoms with Crippen LogP contribution in [-0.2, 0) is 26.8 Å². The molecule has 0 atom stereocenters. The Balaban J connectivity index is 1.91. The first-order chi connectivity index (χ1) is 16.0. The molecule has 1 amide bonds. The Kier molecular flexibility index (Phi) is 6.11. The van der Waals surface area contributed by atoms with Gasteiger partial charge in [0, 0.05) is 12.3 Å². The molecule has 4 bridgehead atoms. The van der Waals surface area contributed by atoms with E-state index < -0.39 is 21.5 Å². The van der Waals surface area contributed by atoms with Gasteiger partial charge in [-0.05, 0) is 48.1 Å². The van der Waals surface area contributed by atoms with Gasteiger partial charge in [0.05, 0.1) is 25.3 Å². The van der Waals surface area contributed by atoms with Crippen LogP contribution in [0.25, 0.3) is 11.1 Å². The molecule has 0 aliphatic carbocycles. The fraction of sp³-hybridized carbons (Fsp3) is 0.375. The lowest BCUT2D eigenvalue weighted by Gasteiger charge is -2.25. The summed E-state index contributed by atoms with van der Waals surface area (Å²) in [4.78, 5) is 17.4. The van der Waals surface area contributed by atoms with Crippen molar-refractivity contribution in [1.82, 2.24) is 19.5 Å². The maximum atomic E-state index is 13.1. The van der Waals surface area contributed by atoms with E-state index in [0.29, 0.717) is 5.88 Å². The molecule has 0 radical (unpaired) electrons. The van der Waals surface area contributed by atoms with Gasteiger partial charge in [-0.3, -0.25) is 9.48 Å². The van der Waals surface area contributed by atoms with Gasteiger partial charge in [0.1, 0.15) is 6.61 Å². The van der Waals surface area contributed by atoms with Crippen LogP contribution in [0.3, 0.4) is 0 Å². The number of hydrogen-bond donors (Lipinski definition) is 1. The number of pyridine rings is 1. The lowest BCUT2D eigenvalue weighted by atomic mass is 9.88. The van der Waals surface area contributed by atoms with Gasteiger partial charge in [-0.15, -0.1) is 0 Å². The summed E-state index contributed by atoms with van der Waals surface area (Å²) in [5, 5.41) is 3.88. The highest BCUT2D eigenvalue weighted by molar-refractivity contribution is 7.90. The topological polar surface area (TPSA) is 112 Å². The number of fused-ring (bicyclic) bond motifs is 6. The van der Waals surface area contributed by atoms with Crippen LogP contribution in [0.15, 0.2) is 47.8 Å². The molecule has 1 N–H and O–H groups in total. The van der Waals surface area contributed by atoms with E-state index in [1.165, 1.54) is 18.0 Å². The molecule has 0 spiro atoms. The first-order valence-electron chi connectivity index (χ1n) is 10.9. The molecule has 0 unspecified atom stereocenters. The quantitative estimate of drug-likeness (QED) is 0.594. The average Bonchev–Trinajstić information content (AvgIpc) is 3.24. The number of rotatable bonds is 2. The van der Waals surface area contributed by atoms with Crippen LogP contribution in [0.5, 0.6) is 11.6 Å². The Labute approximate surface area is 199 Å². The van der Waals surface area contributed by atoms with Crippen LogP contribution in [0.1, 0.15) is 44.7 Å². The first kappa shape index (κ1) is 23.7. The van der Waals surface area contributed by atoms with E-state index in [-0.39, 0.29) is 29.7 Å². The van der Waals surface area contributed by atoms with Crippen LogP contribution in [0.4, 0.5) is 0 Å². The summed E-state index contributed by atoms with van der Waals surface area (Å²) in [7, 11) is -2.93. The van der Waals surface area contributed by atoms with Gasteiger partial charge in [-0.1, -0.05) is 32.0 Å². The molecule has 1 aliphatic heterocycles. The summed E-state index contributed by atoms with van der Waals surface area (Å²) in [5.74, 6) is -0.0946. The minimum Gasteiger partial charge on any atom is -0.492 e. The van der Waals surface area contributed by atoms with E-state index in [1.807, 2.05) is 58.0 Å². The summed E-state index contributed by atoms with van der Waals surface area (Å²) in [5.41, 5.74) is 2.60. The molecule has 4 rings (SSSR count). The number of aromatic nitrogens is 3. The predicted octanol–water partition coefficient (Wildman–Crippen LogP) is 3.25. The number of sulfonamides is 1. The lowest BCUT2D eigenvalue weighted by Crippen LogP contribution is -2.35. The van der Waals surface area contributed by atoms with Crippen molar-refractivity contribution in [3.63, 3.8) is 0 Å². The normalized spacial score (nSPS) is 17.1. The van der Waals surface area contributed by atoms with Gasteiger partial charge >= 0.3 is 0 Å². The van der Waals surface area contributed by atoms with E-state index >= 15 is 0 Å². The Hall–Kier alpha value is -3.40. The zero-order chi connectivity index (χ0) is 24.7. The zero-order valence-electron chi connectivity index (χ0n) is 19.8. The molecule has 1 aliphatic rings. The van der Waals surface area contributed by atoms with E-state index in [1.54, 1.807) is 6.20 Å². The van der Waals surface area contributed by atoms with Crippen molar-refractivity contribution in [1.29, 1.82) is 0 Å². The van der Waals surface area contributed by atoms with Crippen LogP contribution in [0, 0.1) is 0 Å². The van der Waals surface area contributed by atoms with Crippen LogP contribution in [-0.4, -0.2) is 42.8 Å². The number of nitrogens with zero attached hydrogens (tertiary/aromatic N) is 3. The number of nitrogens with one attached hydrogen (secondary N) is 1. The summed E-state index contributed by atoms with van der Waals surface area (Å²) >= 11 is 0. The van der Waals surface area contributed by atoms with Crippen molar-refractivity contribution >= 4 is 15.9 Å². The number of hydrogen-bond acceptors (Lipinski definition) is 7. The van der Waals surface area contributed by atoms with Gasteiger partial charge in [0.2, 0.25) is 16.8 Å². The van der Waals surface area contributed by atoms with Crippen molar-refractivity contribution in [3.8, 4) is 22.8 Å². The van der Waals surface area contributed by atoms with Crippen molar-refractivity contribution in [2.75, 3.05) is 13.7 Å².